The molecule has 1 aromatic heterocycles. The Hall–Kier alpha value is -1.86. The number of hydrogen-bond acceptors (Lipinski definition) is 3. The number of imidazole rings is 1. The molecular formula is C13H15N3O. The molecule has 1 aromatic carbocycles. The summed E-state index contributed by atoms with van der Waals surface area (Å²) < 4.78 is 1.87. The van der Waals surface area contributed by atoms with E-state index < -0.39 is 0 Å². The molecule has 0 unspecified atom stereocenters. The first-order chi connectivity index (χ1) is 8.17. The lowest BCUT2D eigenvalue weighted by molar-refractivity contribution is 0.295. The van der Waals surface area contributed by atoms with Gasteiger partial charge in [-0.2, -0.15) is 5.26 Å². The van der Waals surface area contributed by atoms with Crippen molar-refractivity contribution in [2.45, 2.75) is 26.8 Å². The fourth-order valence-electron chi connectivity index (χ4n) is 1.97. The number of aryl methyl sites for hydroxylation is 2. The van der Waals surface area contributed by atoms with E-state index >= 15 is 0 Å². The minimum Gasteiger partial charge on any atom is -0.396 e. The number of aliphatic hydroxyl groups is 1. The molecule has 0 bridgehead atoms. The monoisotopic (exact) mass is 229 g/mol. The Morgan fingerprint density at radius 2 is 2.06 bits per heavy atom. The van der Waals surface area contributed by atoms with Gasteiger partial charge < -0.3 is 9.67 Å². The van der Waals surface area contributed by atoms with Crippen LogP contribution in [0.3, 0.4) is 0 Å². The second-order valence-corrected chi connectivity index (χ2v) is 4.17. The lowest BCUT2D eigenvalue weighted by Crippen LogP contribution is -2.04. The number of fused-ring (bicyclic) bond motifs is 1. The first-order valence-electron chi connectivity index (χ1n) is 5.61. The zero-order valence-electron chi connectivity index (χ0n) is 10.1. The summed E-state index contributed by atoms with van der Waals surface area (Å²) in [6.07, 6.45) is 0.481. The van der Waals surface area contributed by atoms with Crippen LogP contribution in [-0.4, -0.2) is 21.3 Å². The number of nitriles is 1. The van der Waals surface area contributed by atoms with Crippen LogP contribution in [0.2, 0.25) is 0 Å². The zero-order valence-corrected chi connectivity index (χ0v) is 10.1. The van der Waals surface area contributed by atoms with Crippen LogP contribution in [0.1, 0.15) is 17.0 Å². The van der Waals surface area contributed by atoms with Gasteiger partial charge in [0.2, 0.25) is 0 Å². The summed E-state index contributed by atoms with van der Waals surface area (Å²) in [7, 11) is 0. The third-order valence-electron chi connectivity index (χ3n) is 3.01. The lowest BCUT2D eigenvalue weighted by Gasteiger charge is -2.04. The van der Waals surface area contributed by atoms with Gasteiger partial charge in [0.25, 0.3) is 0 Å². The van der Waals surface area contributed by atoms with Gasteiger partial charge >= 0.3 is 0 Å². The quantitative estimate of drug-likeness (QED) is 0.871. The van der Waals surface area contributed by atoms with Crippen LogP contribution < -0.4 is 0 Å². The van der Waals surface area contributed by atoms with E-state index in [2.05, 4.69) is 17.1 Å². The van der Waals surface area contributed by atoms with Gasteiger partial charge in [-0.15, -0.1) is 0 Å². The molecular weight excluding hydrogens is 214 g/mol. The molecule has 4 nitrogen and oxygen atoms in total. The Balaban J connectivity index is 2.67. The predicted molar refractivity (Wildman–Crippen MR) is 65.6 cm³/mol. The van der Waals surface area contributed by atoms with Gasteiger partial charge in [0.1, 0.15) is 12.4 Å². The normalized spacial score (nSPS) is 10.7. The predicted octanol–water partition coefficient (Wildman–Crippen LogP) is 1.71. The van der Waals surface area contributed by atoms with Gasteiger partial charge in [0.15, 0.2) is 0 Å². The first kappa shape index (κ1) is 11.6. The Morgan fingerprint density at radius 3 is 2.71 bits per heavy atom. The van der Waals surface area contributed by atoms with Crippen molar-refractivity contribution in [3.63, 3.8) is 0 Å². The molecule has 2 rings (SSSR count). The average Bonchev–Trinajstić information content (AvgIpc) is 2.59. The molecule has 0 aliphatic carbocycles. The summed E-state index contributed by atoms with van der Waals surface area (Å²) in [5.74, 6) is 0.772. The van der Waals surface area contributed by atoms with E-state index in [1.54, 1.807) is 0 Å². The Bertz CT molecular complexity index is 593. The van der Waals surface area contributed by atoms with Gasteiger partial charge in [0.05, 0.1) is 23.7 Å². The summed E-state index contributed by atoms with van der Waals surface area (Å²) >= 11 is 0. The minimum atomic E-state index is 0.0483. The third kappa shape index (κ3) is 2.02. The van der Waals surface area contributed by atoms with Gasteiger partial charge in [0, 0.05) is 6.42 Å². The van der Waals surface area contributed by atoms with Gasteiger partial charge in [-0.1, -0.05) is 0 Å². The minimum absolute atomic E-state index is 0.0483. The summed E-state index contributed by atoms with van der Waals surface area (Å²) in [4.78, 5) is 4.47. The molecule has 17 heavy (non-hydrogen) atoms. The number of aromatic nitrogens is 2. The van der Waals surface area contributed by atoms with Crippen molar-refractivity contribution < 1.29 is 5.11 Å². The lowest BCUT2D eigenvalue weighted by atomic mass is 10.1. The molecule has 88 valence electrons. The summed E-state index contributed by atoms with van der Waals surface area (Å²) in [5.41, 5.74) is 4.24. The maximum Gasteiger partial charge on any atom is 0.113 e. The van der Waals surface area contributed by atoms with Gasteiger partial charge in [-0.3, -0.25) is 0 Å². The van der Waals surface area contributed by atoms with Crippen molar-refractivity contribution >= 4 is 11.0 Å². The zero-order chi connectivity index (χ0) is 12.4. The van der Waals surface area contributed by atoms with Crippen LogP contribution in [0.25, 0.3) is 11.0 Å². The Kier molecular flexibility index (Phi) is 3.12. The molecule has 0 fully saturated rings. The molecule has 0 radical (unpaired) electrons. The molecule has 4 heteroatoms. The molecule has 0 atom stereocenters. The van der Waals surface area contributed by atoms with Crippen LogP contribution >= 0.6 is 0 Å². The molecule has 1 heterocycles. The number of nitrogens with zero attached hydrogens (tertiary/aromatic N) is 3. The van der Waals surface area contributed by atoms with E-state index in [1.807, 2.05) is 24.5 Å². The van der Waals surface area contributed by atoms with Crippen molar-refractivity contribution in [1.82, 2.24) is 9.55 Å². The van der Waals surface area contributed by atoms with Crippen LogP contribution in [0.15, 0.2) is 12.1 Å². The molecule has 0 aliphatic rings. The largest absolute Gasteiger partial charge is 0.396 e. The van der Waals surface area contributed by atoms with E-state index in [4.69, 9.17) is 10.4 Å². The van der Waals surface area contributed by atoms with Crippen molar-refractivity contribution in [3.8, 4) is 6.07 Å². The van der Waals surface area contributed by atoms with Gasteiger partial charge in [-0.05, 0) is 37.1 Å². The SMILES string of the molecule is Cc1cc2nc(CCO)n(CC#N)c2cc1C. The number of benzene rings is 1. The number of aliphatic hydroxyl groups excluding tert-OH is 1. The third-order valence-corrected chi connectivity index (χ3v) is 3.01. The first-order valence-corrected chi connectivity index (χ1v) is 5.61. The second kappa shape index (κ2) is 4.56. The maximum absolute atomic E-state index is 9.01. The second-order valence-electron chi connectivity index (χ2n) is 4.17. The average molecular weight is 229 g/mol. The summed E-state index contributed by atoms with van der Waals surface area (Å²) in [5, 5.41) is 17.9. The van der Waals surface area contributed by atoms with Crippen molar-refractivity contribution in [2.75, 3.05) is 6.61 Å². The molecule has 0 amide bonds. The molecule has 2 aromatic rings. The number of rotatable bonds is 3. The van der Waals surface area contributed by atoms with Crippen molar-refractivity contribution in [2.24, 2.45) is 0 Å². The van der Waals surface area contributed by atoms with Crippen LogP contribution in [0.4, 0.5) is 0 Å². The van der Waals surface area contributed by atoms with E-state index in [0.29, 0.717) is 6.42 Å². The Morgan fingerprint density at radius 1 is 1.35 bits per heavy atom. The fraction of sp³-hybridized carbons (Fsp3) is 0.385. The van der Waals surface area contributed by atoms with Crippen LogP contribution in [0, 0.1) is 25.2 Å². The maximum atomic E-state index is 9.01. The molecule has 0 spiro atoms. The van der Waals surface area contributed by atoms with E-state index in [9.17, 15) is 0 Å². The smallest absolute Gasteiger partial charge is 0.113 e. The van der Waals surface area contributed by atoms with E-state index in [-0.39, 0.29) is 13.2 Å². The van der Waals surface area contributed by atoms with Crippen LogP contribution in [-0.2, 0) is 13.0 Å². The van der Waals surface area contributed by atoms with Crippen molar-refractivity contribution in [3.05, 3.63) is 29.1 Å². The highest BCUT2D eigenvalue weighted by Gasteiger charge is 2.11. The fourth-order valence-corrected chi connectivity index (χ4v) is 1.97. The van der Waals surface area contributed by atoms with Gasteiger partial charge in [-0.25, -0.2) is 4.98 Å². The standard InChI is InChI=1S/C13H15N3O/c1-9-7-11-12(8-10(9)2)16(5-4-14)13(15-11)3-6-17/h7-8,17H,3,5-6H2,1-2H3. The highest BCUT2D eigenvalue weighted by molar-refractivity contribution is 5.78. The molecule has 0 aliphatic heterocycles. The highest BCUT2D eigenvalue weighted by atomic mass is 16.3. The topological polar surface area (TPSA) is 61.8 Å². The Labute approximate surface area is 100 Å². The molecule has 0 saturated carbocycles. The van der Waals surface area contributed by atoms with E-state index in [0.717, 1.165) is 16.9 Å². The van der Waals surface area contributed by atoms with Crippen LogP contribution in [0.5, 0.6) is 0 Å². The number of hydrogen-bond donors (Lipinski definition) is 1. The summed E-state index contributed by atoms with van der Waals surface area (Å²) in [6, 6.07) is 6.22. The van der Waals surface area contributed by atoms with E-state index in [1.165, 1.54) is 11.1 Å². The molecule has 0 saturated heterocycles. The summed E-state index contributed by atoms with van der Waals surface area (Å²) in [6.45, 7) is 4.41. The molecule has 1 N–H and O–H groups in total. The van der Waals surface area contributed by atoms with Crippen molar-refractivity contribution in [1.29, 1.82) is 5.26 Å². The highest BCUT2D eigenvalue weighted by Crippen LogP contribution is 2.21.